The van der Waals surface area contributed by atoms with Gasteiger partial charge in [-0.15, -0.1) is 0 Å². The number of hydrogen-bond donors (Lipinski definition) is 2. The molecule has 1 heterocycles. The third-order valence-corrected chi connectivity index (χ3v) is 2.85. The molecular weight excluding hydrogens is 218 g/mol. The van der Waals surface area contributed by atoms with Crippen LogP contribution in [0.25, 0.3) is 0 Å². The molecule has 0 aromatic heterocycles. The van der Waals surface area contributed by atoms with Crippen molar-refractivity contribution in [3.8, 4) is 11.5 Å². The van der Waals surface area contributed by atoms with Gasteiger partial charge in [-0.05, 0) is 30.8 Å². The van der Waals surface area contributed by atoms with Crippen LogP contribution < -0.4 is 0 Å². The van der Waals surface area contributed by atoms with E-state index < -0.39 is 0 Å². The molecule has 1 saturated heterocycles. The molecule has 0 atom stereocenters. The van der Waals surface area contributed by atoms with E-state index in [1.54, 1.807) is 12.3 Å². The Morgan fingerprint density at radius 3 is 2.47 bits per heavy atom. The SMILES string of the molecule is CN1CCN(N=Cc2ccc(O)c(O)c2)CC1. The molecule has 5 heteroatoms. The third-order valence-electron chi connectivity index (χ3n) is 2.85. The highest BCUT2D eigenvalue weighted by Crippen LogP contribution is 2.24. The Kier molecular flexibility index (Phi) is 3.49. The summed E-state index contributed by atoms with van der Waals surface area (Å²) in [4.78, 5) is 2.26. The smallest absolute Gasteiger partial charge is 0.158 e. The fourth-order valence-electron chi connectivity index (χ4n) is 1.68. The first kappa shape index (κ1) is 11.7. The number of hydrogen-bond acceptors (Lipinski definition) is 5. The van der Waals surface area contributed by atoms with Gasteiger partial charge in [-0.1, -0.05) is 0 Å². The molecule has 2 rings (SSSR count). The van der Waals surface area contributed by atoms with E-state index in [1.165, 1.54) is 12.1 Å². The van der Waals surface area contributed by atoms with Crippen LogP contribution in [0, 0.1) is 0 Å². The monoisotopic (exact) mass is 235 g/mol. The highest BCUT2D eigenvalue weighted by Gasteiger charge is 2.10. The van der Waals surface area contributed by atoms with Gasteiger partial charge >= 0.3 is 0 Å². The zero-order valence-corrected chi connectivity index (χ0v) is 9.87. The number of nitrogens with zero attached hydrogens (tertiary/aromatic N) is 3. The molecule has 0 radical (unpaired) electrons. The van der Waals surface area contributed by atoms with Crippen LogP contribution in [0.5, 0.6) is 11.5 Å². The van der Waals surface area contributed by atoms with Crippen LogP contribution in [0.1, 0.15) is 5.56 Å². The zero-order chi connectivity index (χ0) is 12.3. The minimum Gasteiger partial charge on any atom is -0.504 e. The molecule has 5 nitrogen and oxygen atoms in total. The largest absolute Gasteiger partial charge is 0.504 e. The lowest BCUT2D eigenvalue weighted by Gasteiger charge is -2.30. The molecule has 0 unspecified atom stereocenters. The van der Waals surface area contributed by atoms with E-state index in [4.69, 9.17) is 0 Å². The van der Waals surface area contributed by atoms with Crippen molar-refractivity contribution in [1.29, 1.82) is 0 Å². The topological polar surface area (TPSA) is 59.3 Å². The van der Waals surface area contributed by atoms with Crippen molar-refractivity contribution in [2.24, 2.45) is 5.10 Å². The number of hydrazone groups is 1. The van der Waals surface area contributed by atoms with Crippen molar-refractivity contribution in [1.82, 2.24) is 9.91 Å². The second-order valence-corrected chi connectivity index (χ2v) is 4.25. The molecule has 1 fully saturated rings. The van der Waals surface area contributed by atoms with E-state index in [9.17, 15) is 10.2 Å². The van der Waals surface area contributed by atoms with E-state index in [0.29, 0.717) is 0 Å². The fraction of sp³-hybridized carbons (Fsp3) is 0.417. The number of piperazine rings is 1. The van der Waals surface area contributed by atoms with Gasteiger partial charge in [0.15, 0.2) is 11.5 Å². The maximum Gasteiger partial charge on any atom is 0.158 e. The first-order chi connectivity index (χ1) is 8.15. The molecule has 92 valence electrons. The van der Waals surface area contributed by atoms with E-state index in [0.717, 1.165) is 31.7 Å². The van der Waals surface area contributed by atoms with Crippen LogP contribution in [0.2, 0.25) is 0 Å². The highest BCUT2D eigenvalue weighted by molar-refractivity contribution is 5.80. The molecule has 0 saturated carbocycles. The van der Waals surface area contributed by atoms with Gasteiger partial charge in [0.2, 0.25) is 0 Å². The average molecular weight is 235 g/mol. The van der Waals surface area contributed by atoms with Crippen LogP contribution in [0.3, 0.4) is 0 Å². The van der Waals surface area contributed by atoms with Crippen molar-refractivity contribution < 1.29 is 10.2 Å². The van der Waals surface area contributed by atoms with Crippen LogP contribution >= 0.6 is 0 Å². The zero-order valence-electron chi connectivity index (χ0n) is 9.87. The molecule has 17 heavy (non-hydrogen) atoms. The van der Waals surface area contributed by atoms with Gasteiger partial charge in [-0.25, -0.2) is 0 Å². The predicted octanol–water partition coefficient (Wildman–Crippen LogP) is 0.679. The van der Waals surface area contributed by atoms with Crippen LogP contribution in [-0.4, -0.2) is 59.6 Å². The Labute approximate surface area is 101 Å². The first-order valence-corrected chi connectivity index (χ1v) is 5.64. The normalized spacial score (nSPS) is 17.8. The molecule has 0 spiro atoms. The van der Waals surface area contributed by atoms with Gasteiger partial charge in [0.25, 0.3) is 0 Å². The Morgan fingerprint density at radius 1 is 1.12 bits per heavy atom. The minimum atomic E-state index is -0.118. The molecule has 1 aromatic carbocycles. The fourth-order valence-corrected chi connectivity index (χ4v) is 1.68. The molecule has 1 aromatic rings. The summed E-state index contributed by atoms with van der Waals surface area (Å²) in [5, 5.41) is 24.9. The number of rotatable bonds is 2. The highest BCUT2D eigenvalue weighted by atomic mass is 16.3. The molecule has 0 amide bonds. The van der Waals surface area contributed by atoms with Crippen LogP contribution in [-0.2, 0) is 0 Å². The summed E-state index contributed by atoms with van der Waals surface area (Å²) >= 11 is 0. The van der Waals surface area contributed by atoms with E-state index in [-0.39, 0.29) is 11.5 Å². The third kappa shape index (κ3) is 3.10. The summed E-state index contributed by atoms with van der Waals surface area (Å²) in [6, 6.07) is 4.67. The van der Waals surface area contributed by atoms with Crippen molar-refractivity contribution in [2.45, 2.75) is 0 Å². The van der Waals surface area contributed by atoms with Crippen molar-refractivity contribution in [3.05, 3.63) is 23.8 Å². The van der Waals surface area contributed by atoms with Crippen molar-refractivity contribution in [2.75, 3.05) is 33.2 Å². The predicted molar refractivity (Wildman–Crippen MR) is 66.4 cm³/mol. The summed E-state index contributed by atoms with van der Waals surface area (Å²) in [6.45, 7) is 3.85. The summed E-state index contributed by atoms with van der Waals surface area (Å²) < 4.78 is 0. The molecule has 1 aliphatic heterocycles. The number of likely N-dealkylation sites (N-methyl/N-ethyl adjacent to an activating group) is 1. The number of phenolic OH excluding ortho intramolecular Hbond substituents is 2. The summed E-state index contributed by atoms with van der Waals surface area (Å²) in [5.74, 6) is -0.228. The summed E-state index contributed by atoms with van der Waals surface area (Å²) in [6.07, 6.45) is 1.70. The molecular formula is C12H17N3O2. The molecule has 1 aliphatic rings. The maximum atomic E-state index is 9.34. The summed E-state index contributed by atoms with van der Waals surface area (Å²) in [5.41, 5.74) is 0.777. The lowest BCUT2D eigenvalue weighted by Crippen LogP contribution is -2.41. The Bertz CT molecular complexity index is 412. The van der Waals surface area contributed by atoms with Gasteiger partial charge in [0.1, 0.15) is 0 Å². The van der Waals surface area contributed by atoms with Crippen LogP contribution in [0.4, 0.5) is 0 Å². The standard InChI is InChI=1S/C12H17N3O2/c1-14-4-6-15(7-5-14)13-9-10-2-3-11(16)12(17)8-10/h2-3,8-9,16-17H,4-7H2,1H3. The minimum absolute atomic E-state index is 0.109. The summed E-state index contributed by atoms with van der Waals surface area (Å²) in [7, 11) is 2.10. The second kappa shape index (κ2) is 5.05. The van der Waals surface area contributed by atoms with E-state index >= 15 is 0 Å². The van der Waals surface area contributed by atoms with Crippen molar-refractivity contribution >= 4 is 6.21 Å². The van der Waals surface area contributed by atoms with Gasteiger partial charge in [-0.2, -0.15) is 5.10 Å². The van der Waals surface area contributed by atoms with E-state index in [2.05, 4.69) is 17.0 Å². The van der Waals surface area contributed by atoms with Gasteiger partial charge in [-0.3, -0.25) is 5.01 Å². The van der Waals surface area contributed by atoms with Gasteiger partial charge < -0.3 is 15.1 Å². The van der Waals surface area contributed by atoms with E-state index in [1.807, 2.05) is 5.01 Å². The number of benzene rings is 1. The Balaban J connectivity index is 1.97. The molecule has 0 bridgehead atoms. The van der Waals surface area contributed by atoms with Crippen LogP contribution in [0.15, 0.2) is 23.3 Å². The van der Waals surface area contributed by atoms with Gasteiger partial charge in [0.05, 0.1) is 6.21 Å². The molecule has 2 N–H and O–H groups in total. The number of aromatic hydroxyl groups is 2. The second-order valence-electron chi connectivity index (χ2n) is 4.25. The van der Waals surface area contributed by atoms with Crippen molar-refractivity contribution in [3.63, 3.8) is 0 Å². The Hall–Kier alpha value is -1.75. The number of phenols is 2. The first-order valence-electron chi connectivity index (χ1n) is 5.64. The van der Waals surface area contributed by atoms with Gasteiger partial charge in [0, 0.05) is 26.2 Å². The average Bonchev–Trinajstić information content (AvgIpc) is 2.33. The quantitative estimate of drug-likeness (QED) is 0.584. The Morgan fingerprint density at radius 2 is 1.82 bits per heavy atom. The lowest BCUT2D eigenvalue weighted by atomic mass is 10.2. The molecule has 0 aliphatic carbocycles. The maximum absolute atomic E-state index is 9.34. The lowest BCUT2D eigenvalue weighted by molar-refractivity contribution is 0.159.